The molecule has 2 aromatic heterocycles. The molecule has 9 nitrogen and oxygen atoms in total. The molecule has 3 aromatic rings. The van der Waals surface area contributed by atoms with E-state index in [0.717, 1.165) is 42.8 Å². The van der Waals surface area contributed by atoms with Gasteiger partial charge in [-0.3, -0.25) is 5.10 Å². The zero-order valence-electron chi connectivity index (χ0n) is 19.9. The van der Waals surface area contributed by atoms with Crippen LogP contribution in [-0.4, -0.2) is 65.1 Å². The summed E-state index contributed by atoms with van der Waals surface area (Å²) in [6, 6.07) is 5.16. The summed E-state index contributed by atoms with van der Waals surface area (Å²) >= 11 is 6.21. The maximum atomic E-state index is 15.1. The second kappa shape index (κ2) is 10.5. The molecule has 0 saturated carbocycles. The van der Waals surface area contributed by atoms with E-state index >= 15 is 4.39 Å². The maximum absolute atomic E-state index is 15.1. The first-order chi connectivity index (χ1) is 16.6. The molecule has 0 spiro atoms. The number of aromatic nitrogens is 4. The van der Waals surface area contributed by atoms with Crippen molar-refractivity contribution in [2.24, 2.45) is 0 Å². The number of rotatable bonds is 8. The van der Waals surface area contributed by atoms with E-state index in [9.17, 15) is 8.42 Å². The minimum atomic E-state index is -2.98. The van der Waals surface area contributed by atoms with Gasteiger partial charge in [-0.05, 0) is 69.0 Å². The minimum Gasteiger partial charge on any atom is -0.322 e. The number of nitrogens with zero attached hydrogens (tertiary/aromatic N) is 4. The van der Waals surface area contributed by atoms with Gasteiger partial charge in [0.2, 0.25) is 5.95 Å². The highest BCUT2D eigenvalue weighted by molar-refractivity contribution is 7.90. The number of aryl methyl sites for hydroxylation is 2. The average molecular weight is 522 g/mol. The van der Waals surface area contributed by atoms with Crippen LogP contribution in [0.15, 0.2) is 24.4 Å². The lowest BCUT2D eigenvalue weighted by molar-refractivity contribution is 0.223. The summed E-state index contributed by atoms with van der Waals surface area (Å²) in [5.41, 5.74) is 3.11. The molecule has 1 fully saturated rings. The normalized spacial score (nSPS) is 15.3. The van der Waals surface area contributed by atoms with Crippen LogP contribution in [0.2, 0.25) is 5.02 Å². The third-order valence-electron chi connectivity index (χ3n) is 6.10. The first kappa shape index (κ1) is 25.3. The number of sulfone groups is 1. The van der Waals surface area contributed by atoms with Crippen LogP contribution in [-0.2, 0) is 9.84 Å². The Morgan fingerprint density at radius 2 is 1.94 bits per heavy atom. The first-order valence-corrected chi connectivity index (χ1v) is 13.8. The molecule has 1 aromatic carbocycles. The van der Waals surface area contributed by atoms with Crippen molar-refractivity contribution in [3.05, 3.63) is 52.1 Å². The van der Waals surface area contributed by atoms with Gasteiger partial charge in [-0.1, -0.05) is 11.6 Å². The summed E-state index contributed by atoms with van der Waals surface area (Å²) in [5.74, 6) is 1.12. The van der Waals surface area contributed by atoms with Gasteiger partial charge in [0.1, 0.15) is 20.7 Å². The Balaban J connectivity index is 1.43. The summed E-state index contributed by atoms with van der Waals surface area (Å²) in [6.07, 6.45) is 4.42. The largest absolute Gasteiger partial charge is 0.322 e. The van der Waals surface area contributed by atoms with Gasteiger partial charge in [-0.2, -0.15) is 10.1 Å². The number of aromatic amines is 1. The van der Waals surface area contributed by atoms with Gasteiger partial charge in [0.05, 0.1) is 17.6 Å². The third-order valence-corrected chi connectivity index (χ3v) is 7.31. The Morgan fingerprint density at radius 1 is 1.20 bits per heavy atom. The van der Waals surface area contributed by atoms with Crippen molar-refractivity contribution in [2.75, 3.05) is 42.3 Å². The van der Waals surface area contributed by atoms with Crippen LogP contribution >= 0.6 is 11.6 Å². The van der Waals surface area contributed by atoms with E-state index < -0.39 is 9.84 Å². The Bertz CT molecular complexity index is 1310. The van der Waals surface area contributed by atoms with Crippen molar-refractivity contribution in [1.29, 1.82) is 0 Å². The van der Waals surface area contributed by atoms with Crippen LogP contribution in [0.3, 0.4) is 0 Å². The molecular weight excluding hydrogens is 493 g/mol. The maximum Gasteiger partial charge on any atom is 0.229 e. The number of hydrogen-bond acceptors (Lipinski definition) is 8. The number of anilines is 4. The van der Waals surface area contributed by atoms with Crippen molar-refractivity contribution >= 4 is 44.7 Å². The molecule has 0 aliphatic carbocycles. The van der Waals surface area contributed by atoms with E-state index in [0.29, 0.717) is 23.2 Å². The lowest BCUT2D eigenvalue weighted by atomic mass is 9.86. The molecule has 3 heterocycles. The first-order valence-electron chi connectivity index (χ1n) is 11.4. The fourth-order valence-electron chi connectivity index (χ4n) is 4.23. The fourth-order valence-corrected chi connectivity index (χ4v) is 4.96. The summed E-state index contributed by atoms with van der Waals surface area (Å²) in [4.78, 5) is 10.7. The summed E-state index contributed by atoms with van der Waals surface area (Å²) in [7, 11) is -2.98. The second-order valence-electron chi connectivity index (χ2n) is 9.01. The van der Waals surface area contributed by atoms with Gasteiger partial charge in [-0.15, -0.1) is 0 Å². The molecule has 12 heteroatoms. The molecule has 35 heavy (non-hydrogen) atoms. The Morgan fingerprint density at radius 3 is 2.60 bits per heavy atom. The number of likely N-dealkylation sites (tertiary alicyclic amines) is 1. The van der Waals surface area contributed by atoms with Crippen molar-refractivity contribution in [3.8, 4) is 0 Å². The van der Waals surface area contributed by atoms with Crippen molar-refractivity contribution in [3.63, 3.8) is 0 Å². The van der Waals surface area contributed by atoms with Gasteiger partial charge in [0.15, 0.2) is 11.6 Å². The molecule has 188 valence electrons. The van der Waals surface area contributed by atoms with Gasteiger partial charge < -0.3 is 15.5 Å². The number of benzene rings is 1. The minimum absolute atomic E-state index is 0.164. The molecule has 1 aliphatic rings. The van der Waals surface area contributed by atoms with E-state index in [1.54, 1.807) is 12.1 Å². The highest BCUT2D eigenvalue weighted by Gasteiger charge is 2.24. The van der Waals surface area contributed by atoms with Gasteiger partial charge in [0, 0.05) is 24.6 Å². The van der Waals surface area contributed by atoms with Crippen molar-refractivity contribution < 1.29 is 12.8 Å². The highest BCUT2D eigenvalue weighted by atomic mass is 35.5. The van der Waals surface area contributed by atoms with Gasteiger partial charge in [0.25, 0.3) is 0 Å². The Labute approximate surface area is 209 Å². The SMILES string of the molecule is Cc1cc(Nc2nc(Nc3cc(C)c(C4CCN(CCS(C)(=O)=O)CC4)cc3F)ncc2Cl)n[nH]1. The van der Waals surface area contributed by atoms with E-state index in [-0.39, 0.29) is 29.1 Å². The number of halogens is 2. The molecular formula is C23H29ClFN7O2S. The number of hydrogen-bond donors (Lipinski definition) is 3. The van der Waals surface area contributed by atoms with Crippen LogP contribution in [0.5, 0.6) is 0 Å². The standard InChI is InChI=1S/C23H29ClFN7O2S/c1-14-10-20(27-23-26-13-18(24)22(29-23)28-21-11-15(2)30-31-21)19(25)12-17(14)16-4-6-32(7-5-16)8-9-35(3,33)34/h10-13,16H,4-9H2,1-3H3,(H3,26,27,28,29,30,31). The zero-order chi connectivity index (χ0) is 25.2. The van der Waals surface area contributed by atoms with Crippen LogP contribution in [0.4, 0.5) is 27.7 Å². The predicted octanol–water partition coefficient (Wildman–Crippen LogP) is 4.32. The molecule has 3 N–H and O–H groups in total. The molecule has 0 amide bonds. The van der Waals surface area contributed by atoms with E-state index in [1.807, 2.05) is 19.9 Å². The monoisotopic (exact) mass is 521 g/mol. The molecule has 0 bridgehead atoms. The lowest BCUT2D eigenvalue weighted by Crippen LogP contribution is -2.36. The third kappa shape index (κ3) is 6.68. The second-order valence-corrected chi connectivity index (χ2v) is 11.7. The van der Waals surface area contributed by atoms with Crippen molar-refractivity contribution in [1.82, 2.24) is 25.1 Å². The van der Waals surface area contributed by atoms with Gasteiger partial charge >= 0.3 is 0 Å². The molecule has 0 radical (unpaired) electrons. The van der Waals surface area contributed by atoms with E-state index in [2.05, 4.69) is 35.7 Å². The molecule has 4 rings (SSSR count). The smallest absolute Gasteiger partial charge is 0.229 e. The lowest BCUT2D eigenvalue weighted by Gasteiger charge is -2.32. The quantitative estimate of drug-likeness (QED) is 0.401. The van der Waals surface area contributed by atoms with Crippen LogP contribution in [0.25, 0.3) is 0 Å². The summed E-state index contributed by atoms with van der Waals surface area (Å²) in [5, 5.41) is 13.2. The number of nitrogens with one attached hydrogen (secondary N) is 3. The zero-order valence-corrected chi connectivity index (χ0v) is 21.5. The average Bonchev–Trinajstić information content (AvgIpc) is 3.21. The van der Waals surface area contributed by atoms with Crippen LogP contribution < -0.4 is 10.6 Å². The van der Waals surface area contributed by atoms with Crippen LogP contribution in [0.1, 0.15) is 35.6 Å². The molecule has 0 unspecified atom stereocenters. The summed E-state index contributed by atoms with van der Waals surface area (Å²) < 4.78 is 37.9. The van der Waals surface area contributed by atoms with Crippen molar-refractivity contribution in [2.45, 2.75) is 32.6 Å². The van der Waals surface area contributed by atoms with E-state index in [4.69, 9.17) is 11.6 Å². The molecule has 0 atom stereocenters. The molecule has 1 aliphatic heterocycles. The molecule has 1 saturated heterocycles. The highest BCUT2D eigenvalue weighted by Crippen LogP contribution is 2.34. The van der Waals surface area contributed by atoms with Crippen LogP contribution in [0, 0.1) is 19.7 Å². The van der Waals surface area contributed by atoms with Gasteiger partial charge in [-0.25, -0.2) is 17.8 Å². The summed E-state index contributed by atoms with van der Waals surface area (Å²) in [6.45, 7) is 5.98. The van der Waals surface area contributed by atoms with E-state index in [1.165, 1.54) is 12.5 Å². The predicted molar refractivity (Wildman–Crippen MR) is 136 cm³/mol. The Kier molecular flexibility index (Phi) is 7.58. The fraction of sp³-hybridized carbons (Fsp3) is 0.435. The topological polar surface area (TPSA) is 116 Å². The number of piperidine rings is 1. The number of H-pyrrole nitrogens is 1. The Hall–Kier alpha value is -2.76.